The number of amides is 1. The zero-order valence-corrected chi connectivity index (χ0v) is 12.5. The van der Waals surface area contributed by atoms with Crippen molar-refractivity contribution in [3.63, 3.8) is 0 Å². The van der Waals surface area contributed by atoms with Crippen LogP contribution in [0.25, 0.3) is 0 Å². The topological polar surface area (TPSA) is 54.0 Å². The van der Waals surface area contributed by atoms with Crippen molar-refractivity contribution < 1.29 is 4.79 Å². The fourth-order valence-electron chi connectivity index (χ4n) is 2.60. The molecule has 110 valence electrons. The predicted molar refractivity (Wildman–Crippen MR) is 82.8 cm³/mol. The maximum Gasteiger partial charge on any atom is 0.225 e. The molecular formula is C16H25N3O. The predicted octanol–water partition coefficient (Wildman–Crippen LogP) is 3.81. The highest BCUT2D eigenvalue weighted by Gasteiger charge is 2.13. The molecule has 0 aliphatic heterocycles. The van der Waals surface area contributed by atoms with Gasteiger partial charge in [-0.2, -0.15) is 0 Å². The molecule has 1 fully saturated rings. The van der Waals surface area contributed by atoms with Crippen molar-refractivity contribution >= 4 is 17.4 Å². The zero-order chi connectivity index (χ0) is 14.4. The van der Waals surface area contributed by atoms with E-state index in [1.165, 1.54) is 32.1 Å². The Morgan fingerprint density at radius 3 is 2.65 bits per heavy atom. The van der Waals surface area contributed by atoms with Gasteiger partial charge in [0.1, 0.15) is 5.82 Å². The number of rotatable bonds is 5. The second-order valence-corrected chi connectivity index (χ2v) is 6.06. The van der Waals surface area contributed by atoms with Gasteiger partial charge in [0.05, 0.1) is 11.9 Å². The second-order valence-electron chi connectivity index (χ2n) is 6.06. The minimum atomic E-state index is 0.0282. The number of aromatic nitrogens is 1. The van der Waals surface area contributed by atoms with Gasteiger partial charge in [-0.05, 0) is 30.9 Å². The van der Waals surface area contributed by atoms with Crippen LogP contribution in [0.15, 0.2) is 18.3 Å². The van der Waals surface area contributed by atoms with Gasteiger partial charge >= 0.3 is 0 Å². The number of anilines is 2. The van der Waals surface area contributed by atoms with Crippen molar-refractivity contribution in [1.29, 1.82) is 0 Å². The maximum atomic E-state index is 11.7. The molecule has 1 aliphatic carbocycles. The van der Waals surface area contributed by atoms with Crippen LogP contribution in [0, 0.1) is 5.92 Å². The van der Waals surface area contributed by atoms with Gasteiger partial charge in [0.25, 0.3) is 0 Å². The molecule has 4 nitrogen and oxygen atoms in total. The third-order valence-corrected chi connectivity index (χ3v) is 3.60. The zero-order valence-electron chi connectivity index (χ0n) is 12.5. The molecule has 2 rings (SSSR count). The number of hydrogen-bond donors (Lipinski definition) is 2. The van der Waals surface area contributed by atoms with Crippen LogP contribution in [-0.4, -0.2) is 16.9 Å². The number of carbonyl (C=O) groups is 1. The van der Waals surface area contributed by atoms with E-state index in [0.29, 0.717) is 24.2 Å². The molecular weight excluding hydrogens is 250 g/mol. The van der Waals surface area contributed by atoms with Crippen LogP contribution in [0.2, 0.25) is 0 Å². The van der Waals surface area contributed by atoms with Crippen LogP contribution < -0.4 is 10.6 Å². The first kappa shape index (κ1) is 14.8. The van der Waals surface area contributed by atoms with Gasteiger partial charge in [0.15, 0.2) is 0 Å². The summed E-state index contributed by atoms with van der Waals surface area (Å²) in [7, 11) is 0. The van der Waals surface area contributed by atoms with Crippen LogP contribution in [0.5, 0.6) is 0 Å². The van der Waals surface area contributed by atoms with E-state index in [4.69, 9.17) is 0 Å². The Morgan fingerprint density at radius 1 is 1.30 bits per heavy atom. The quantitative estimate of drug-likeness (QED) is 0.859. The van der Waals surface area contributed by atoms with E-state index in [9.17, 15) is 4.79 Å². The second kappa shape index (κ2) is 7.27. The maximum absolute atomic E-state index is 11.7. The molecule has 1 heterocycles. The lowest BCUT2D eigenvalue weighted by Crippen LogP contribution is -2.22. The molecule has 0 saturated heterocycles. The third-order valence-electron chi connectivity index (χ3n) is 3.60. The van der Waals surface area contributed by atoms with Crippen molar-refractivity contribution in [2.75, 3.05) is 10.6 Å². The average Bonchev–Trinajstić information content (AvgIpc) is 2.41. The SMILES string of the molecule is CC(C)CC(=O)Nc1ccc(NC2CCCCC2)cn1. The number of nitrogens with zero attached hydrogens (tertiary/aromatic N) is 1. The van der Waals surface area contributed by atoms with Crippen molar-refractivity contribution in [3.05, 3.63) is 18.3 Å². The molecule has 1 saturated carbocycles. The molecule has 1 aliphatic rings. The molecule has 0 radical (unpaired) electrons. The fourth-order valence-corrected chi connectivity index (χ4v) is 2.60. The lowest BCUT2D eigenvalue weighted by atomic mass is 9.95. The standard InChI is InChI=1S/C16H25N3O/c1-12(2)10-16(20)19-15-9-8-14(11-17-15)18-13-6-4-3-5-7-13/h8-9,11-13,18H,3-7,10H2,1-2H3,(H,17,19,20). The summed E-state index contributed by atoms with van der Waals surface area (Å²) < 4.78 is 0. The molecule has 0 spiro atoms. The molecule has 1 aromatic heterocycles. The first-order valence-electron chi connectivity index (χ1n) is 7.66. The summed E-state index contributed by atoms with van der Waals surface area (Å²) in [6.45, 7) is 4.06. The first-order valence-corrected chi connectivity index (χ1v) is 7.66. The van der Waals surface area contributed by atoms with Gasteiger partial charge in [-0.25, -0.2) is 4.98 Å². The lowest BCUT2D eigenvalue weighted by molar-refractivity contribution is -0.116. The largest absolute Gasteiger partial charge is 0.381 e. The number of pyridine rings is 1. The summed E-state index contributed by atoms with van der Waals surface area (Å²) in [5.74, 6) is 1.02. The Kier molecular flexibility index (Phi) is 5.39. The summed E-state index contributed by atoms with van der Waals surface area (Å²) in [5.41, 5.74) is 1.04. The van der Waals surface area contributed by atoms with Gasteiger partial charge in [0.2, 0.25) is 5.91 Å². The third kappa shape index (κ3) is 4.83. The minimum Gasteiger partial charge on any atom is -0.381 e. The van der Waals surface area contributed by atoms with E-state index in [1.54, 1.807) is 6.20 Å². The molecule has 20 heavy (non-hydrogen) atoms. The van der Waals surface area contributed by atoms with Gasteiger partial charge in [-0.1, -0.05) is 33.1 Å². The van der Waals surface area contributed by atoms with Crippen LogP contribution in [0.1, 0.15) is 52.4 Å². The summed E-state index contributed by atoms with van der Waals surface area (Å²) in [5, 5.41) is 6.34. The van der Waals surface area contributed by atoms with E-state index in [2.05, 4.69) is 15.6 Å². The molecule has 0 unspecified atom stereocenters. The molecule has 1 aromatic rings. The number of carbonyl (C=O) groups excluding carboxylic acids is 1. The van der Waals surface area contributed by atoms with Crippen LogP contribution >= 0.6 is 0 Å². The summed E-state index contributed by atoms with van der Waals surface area (Å²) in [6.07, 6.45) is 8.81. The molecule has 0 aromatic carbocycles. The fraction of sp³-hybridized carbons (Fsp3) is 0.625. The highest BCUT2D eigenvalue weighted by atomic mass is 16.1. The summed E-state index contributed by atoms with van der Waals surface area (Å²) >= 11 is 0. The Hall–Kier alpha value is -1.58. The minimum absolute atomic E-state index is 0.0282. The van der Waals surface area contributed by atoms with Gasteiger partial charge in [0, 0.05) is 12.5 Å². The van der Waals surface area contributed by atoms with Crippen molar-refractivity contribution in [2.45, 2.75) is 58.4 Å². The molecule has 0 atom stereocenters. The summed E-state index contributed by atoms with van der Waals surface area (Å²) in [6, 6.07) is 4.43. The average molecular weight is 275 g/mol. The van der Waals surface area contributed by atoms with E-state index < -0.39 is 0 Å². The van der Waals surface area contributed by atoms with Crippen LogP contribution in [-0.2, 0) is 4.79 Å². The Bertz CT molecular complexity index is 422. The normalized spacial score (nSPS) is 16.1. The van der Waals surface area contributed by atoms with Gasteiger partial charge in [-0.15, -0.1) is 0 Å². The molecule has 0 bridgehead atoms. The Labute approximate surface area is 121 Å². The van der Waals surface area contributed by atoms with E-state index >= 15 is 0 Å². The van der Waals surface area contributed by atoms with E-state index in [0.717, 1.165) is 5.69 Å². The smallest absolute Gasteiger partial charge is 0.225 e. The van der Waals surface area contributed by atoms with Crippen molar-refractivity contribution in [2.24, 2.45) is 5.92 Å². The van der Waals surface area contributed by atoms with Gasteiger partial charge < -0.3 is 10.6 Å². The van der Waals surface area contributed by atoms with Crippen molar-refractivity contribution in [1.82, 2.24) is 4.98 Å². The monoisotopic (exact) mass is 275 g/mol. The molecule has 2 N–H and O–H groups in total. The summed E-state index contributed by atoms with van der Waals surface area (Å²) in [4.78, 5) is 16.0. The van der Waals surface area contributed by atoms with Gasteiger partial charge in [-0.3, -0.25) is 4.79 Å². The highest BCUT2D eigenvalue weighted by molar-refractivity contribution is 5.89. The first-order chi connectivity index (χ1) is 9.63. The van der Waals surface area contributed by atoms with Crippen LogP contribution in [0.3, 0.4) is 0 Å². The Balaban J connectivity index is 1.84. The molecule has 4 heteroatoms. The Morgan fingerprint density at radius 2 is 2.05 bits per heavy atom. The van der Waals surface area contributed by atoms with E-state index in [1.807, 2.05) is 26.0 Å². The number of hydrogen-bond acceptors (Lipinski definition) is 3. The highest BCUT2D eigenvalue weighted by Crippen LogP contribution is 2.21. The van der Waals surface area contributed by atoms with Crippen molar-refractivity contribution in [3.8, 4) is 0 Å². The number of nitrogens with one attached hydrogen (secondary N) is 2. The van der Waals surface area contributed by atoms with E-state index in [-0.39, 0.29) is 5.91 Å². The molecule has 1 amide bonds. The lowest BCUT2D eigenvalue weighted by Gasteiger charge is -2.23. The van der Waals surface area contributed by atoms with Crippen LogP contribution in [0.4, 0.5) is 11.5 Å².